The van der Waals surface area contributed by atoms with E-state index in [1.54, 1.807) is 7.11 Å². The van der Waals surface area contributed by atoms with E-state index < -0.39 is 6.04 Å². The third-order valence-electron chi connectivity index (χ3n) is 2.66. The molecule has 0 aromatic heterocycles. The van der Waals surface area contributed by atoms with Crippen molar-refractivity contribution in [3.05, 3.63) is 0 Å². The highest BCUT2D eigenvalue weighted by Crippen LogP contribution is 2.00. The van der Waals surface area contributed by atoms with Gasteiger partial charge < -0.3 is 20.7 Å². The Morgan fingerprint density at radius 1 is 1.32 bits per heavy atom. The van der Waals surface area contributed by atoms with Gasteiger partial charge in [0.15, 0.2) is 0 Å². The van der Waals surface area contributed by atoms with Crippen molar-refractivity contribution < 1.29 is 14.3 Å². The molecule has 0 aromatic rings. The molecule has 112 valence electrons. The highest BCUT2D eigenvalue weighted by Gasteiger charge is 2.22. The number of nitrogens with two attached hydrogens (primary N) is 1. The minimum atomic E-state index is -0.606. The van der Waals surface area contributed by atoms with Crippen LogP contribution in [0.3, 0.4) is 0 Å². The summed E-state index contributed by atoms with van der Waals surface area (Å²) in [5.41, 5.74) is 5.81. The minimum absolute atomic E-state index is 0.0767. The largest absolute Gasteiger partial charge is 0.385 e. The van der Waals surface area contributed by atoms with Crippen LogP contribution in [-0.2, 0) is 14.3 Å². The van der Waals surface area contributed by atoms with Crippen LogP contribution in [0.25, 0.3) is 0 Å². The highest BCUT2D eigenvalue weighted by molar-refractivity contribution is 5.87. The highest BCUT2D eigenvalue weighted by atomic mass is 16.5. The fraction of sp³-hybridized carbons (Fsp3) is 0.846. The number of nitrogens with one attached hydrogen (secondary N) is 1. The first-order chi connectivity index (χ1) is 9.06. The van der Waals surface area contributed by atoms with E-state index in [0.717, 1.165) is 12.8 Å². The average Bonchev–Trinajstić information content (AvgIpc) is 2.41. The number of hydrogen-bond donors (Lipinski definition) is 2. The van der Waals surface area contributed by atoms with Gasteiger partial charge in [-0.05, 0) is 19.3 Å². The summed E-state index contributed by atoms with van der Waals surface area (Å²) in [5.74, 6) is -0.326. The molecule has 0 aliphatic heterocycles. The van der Waals surface area contributed by atoms with Gasteiger partial charge in [0.25, 0.3) is 0 Å². The fourth-order valence-electron chi connectivity index (χ4n) is 1.63. The van der Waals surface area contributed by atoms with Crippen LogP contribution in [0.5, 0.6) is 0 Å². The summed E-state index contributed by atoms with van der Waals surface area (Å²) < 4.78 is 4.91. The van der Waals surface area contributed by atoms with Crippen molar-refractivity contribution in [2.45, 2.75) is 39.2 Å². The van der Waals surface area contributed by atoms with Gasteiger partial charge >= 0.3 is 0 Å². The monoisotopic (exact) mass is 273 g/mol. The van der Waals surface area contributed by atoms with E-state index in [-0.39, 0.29) is 18.4 Å². The summed E-state index contributed by atoms with van der Waals surface area (Å²) in [6, 6.07) is -0.606. The van der Waals surface area contributed by atoms with Crippen LogP contribution in [0.2, 0.25) is 0 Å². The maximum absolute atomic E-state index is 12.1. The average molecular weight is 273 g/mol. The molecule has 0 radical (unpaired) electrons. The lowest BCUT2D eigenvalue weighted by molar-refractivity contribution is -0.137. The molecule has 2 amide bonds. The number of nitrogens with zero attached hydrogens (tertiary/aromatic N) is 1. The van der Waals surface area contributed by atoms with E-state index in [1.165, 1.54) is 4.90 Å². The van der Waals surface area contributed by atoms with Gasteiger partial charge in [-0.25, -0.2) is 0 Å². The van der Waals surface area contributed by atoms with Crippen molar-refractivity contribution in [2.24, 2.45) is 5.73 Å². The summed E-state index contributed by atoms with van der Waals surface area (Å²) in [6.45, 7) is 5.63. The smallest absolute Gasteiger partial charge is 0.240 e. The van der Waals surface area contributed by atoms with E-state index in [1.807, 2.05) is 13.8 Å². The quantitative estimate of drug-likeness (QED) is 0.592. The lowest BCUT2D eigenvalue weighted by Gasteiger charge is -2.24. The number of carbonyl (C=O) groups is 2. The van der Waals surface area contributed by atoms with E-state index >= 15 is 0 Å². The third kappa shape index (κ3) is 7.79. The Kier molecular flexibility index (Phi) is 10.1. The Bertz CT molecular complexity index is 272. The first-order valence-corrected chi connectivity index (χ1v) is 6.86. The number of hydrogen-bond acceptors (Lipinski definition) is 4. The van der Waals surface area contributed by atoms with Crippen molar-refractivity contribution >= 4 is 11.8 Å². The maximum atomic E-state index is 12.1. The van der Waals surface area contributed by atoms with Crippen molar-refractivity contribution in [1.82, 2.24) is 10.2 Å². The zero-order valence-electron chi connectivity index (χ0n) is 12.3. The van der Waals surface area contributed by atoms with Gasteiger partial charge in [-0.2, -0.15) is 0 Å². The summed E-state index contributed by atoms with van der Waals surface area (Å²) in [5, 5.41) is 2.76. The SMILES string of the molecule is CCCNC(=O)CN(CCC)C(=O)C(N)CCOC. The Morgan fingerprint density at radius 2 is 2.00 bits per heavy atom. The summed E-state index contributed by atoms with van der Waals surface area (Å²) >= 11 is 0. The minimum Gasteiger partial charge on any atom is -0.385 e. The molecule has 1 atom stereocenters. The van der Waals surface area contributed by atoms with Crippen LogP contribution >= 0.6 is 0 Å². The van der Waals surface area contributed by atoms with Crippen LogP contribution in [0.4, 0.5) is 0 Å². The zero-order chi connectivity index (χ0) is 14.7. The van der Waals surface area contributed by atoms with E-state index in [2.05, 4.69) is 5.32 Å². The maximum Gasteiger partial charge on any atom is 0.240 e. The van der Waals surface area contributed by atoms with Crippen molar-refractivity contribution in [2.75, 3.05) is 33.4 Å². The molecule has 0 aliphatic carbocycles. The Labute approximate surface area is 115 Å². The van der Waals surface area contributed by atoms with Gasteiger partial charge in [0, 0.05) is 26.8 Å². The Balaban J connectivity index is 4.36. The molecule has 0 bridgehead atoms. The molecule has 1 unspecified atom stereocenters. The molecule has 0 rings (SSSR count). The molecule has 0 saturated carbocycles. The number of methoxy groups -OCH3 is 1. The van der Waals surface area contributed by atoms with Gasteiger partial charge in [-0.3, -0.25) is 9.59 Å². The van der Waals surface area contributed by atoms with Crippen LogP contribution < -0.4 is 11.1 Å². The Morgan fingerprint density at radius 3 is 2.53 bits per heavy atom. The molecule has 19 heavy (non-hydrogen) atoms. The van der Waals surface area contributed by atoms with Crippen LogP contribution in [-0.4, -0.2) is 56.1 Å². The van der Waals surface area contributed by atoms with E-state index in [4.69, 9.17) is 10.5 Å². The topological polar surface area (TPSA) is 84.7 Å². The predicted octanol–water partition coefficient (Wildman–Crippen LogP) is 0.115. The van der Waals surface area contributed by atoms with Gasteiger partial charge in [-0.1, -0.05) is 13.8 Å². The van der Waals surface area contributed by atoms with Crippen LogP contribution in [0, 0.1) is 0 Å². The second kappa shape index (κ2) is 10.8. The molecule has 0 aliphatic rings. The standard InChI is InChI=1S/C13H27N3O3/c1-4-7-15-12(17)10-16(8-5-2)13(18)11(14)6-9-19-3/h11H,4-10,14H2,1-3H3,(H,15,17). The van der Waals surface area contributed by atoms with Crippen LogP contribution in [0.15, 0.2) is 0 Å². The number of amides is 2. The molecule has 0 fully saturated rings. The fourth-order valence-corrected chi connectivity index (χ4v) is 1.63. The summed E-state index contributed by atoms with van der Waals surface area (Å²) in [4.78, 5) is 25.3. The molecule has 0 saturated heterocycles. The molecule has 6 nitrogen and oxygen atoms in total. The third-order valence-corrected chi connectivity index (χ3v) is 2.66. The molecule has 0 aromatic carbocycles. The number of carbonyl (C=O) groups excluding carboxylic acids is 2. The Hall–Kier alpha value is -1.14. The van der Waals surface area contributed by atoms with Gasteiger partial charge in [0.2, 0.25) is 11.8 Å². The zero-order valence-corrected chi connectivity index (χ0v) is 12.3. The van der Waals surface area contributed by atoms with E-state index in [0.29, 0.717) is 26.1 Å². The van der Waals surface area contributed by atoms with E-state index in [9.17, 15) is 9.59 Å². The second-order valence-corrected chi connectivity index (χ2v) is 4.50. The molecule has 0 spiro atoms. The molecule has 6 heteroatoms. The van der Waals surface area contributed by atoms with Gasteiger partial charge in [0.05, 0.1) is 12.6 Å². The predicted molar refractivity (Wildman–Crippen MR) is 74.6 cm³/mol. The van der Waals surface area contributed by atoms with Crippen molar-refractivity contribution in [1.29, 1.82) is 0 Å². The normalized spacial score (nSPS) is 12.0. The van der Waals surface area contributed by atoms with Crippen LogP contribution in [0.1, 0.15) is 33.1 Å². The van der Waals surface area contributed by atoms with Gasteiger partial charge in [0.1, 0.15) is 0 Å². The molecular formula is C13H27N3O3. The summed E-state index contributed by atoms with van der Waals surface area (Å²) in [6.07, 6.45) is 2.14. The van der Waals surface area contributed by atoms with Crippen molar-refractivity contribution in [3.8, 4) is 0 Å². The molecule has 0 heterocycles. The first-order valence-electron chi connectivity index (χ1n) is 6.86. The summed E-state index contributed by atoms with van der Waals surface area (Å²) in [7, 11) is 1.57. The molecule has 3 N–H and O–H groups in total. The first kappa shape index (κ1) is 17.9. The lowest BCUT2D eigenvalue weighted by atomic mass is 10.2. The number of rotatable bonds is 10. The lowest BCUT2D eigenvalue weighted by Crippen LogP contribution is -2.48. The van der Waals surface area contributed by atoms with Gasteiger partial charge in [-0.15, -0.1) is 0 Å². The van der Waals surface area contributed by atoms with Crippen molar-refractivity contribution in [3.63, 3.8) is 0 Å². The number of ether oxygens (including phenoxy) is 1. The second-order valence-electron chi connectivity index (χ2n) is 4.50. The molecular weight excluding hydrogens is 246 g/mol.